The van der Waals surface area contributed by atoms with Gasteiger partial charge in [0.2, 0.25) is 11.8 Å². The average Bonchev–Trinajstić information content (AvgIpc) is 3.34. The highest BCUT2D eigenvalue weighted by Gasteiger charge is 2.35. The summed E-state index contributed by atoms with van der Waals surface area (Å²) >= 11 is 0. The molecule has 3 amide bonds. The number of benzene rings is 1. The van der Waals surface area contributed by atoms with Crippen molar-refractivity contribution in [1.82, 2.24) is 24.8 Å². The minimum absolute atomic E-state index is 0.0612. The van der Waals surface area contributed by atoms with E-state index in [1.54, 1.807) is 26.2 Å². The number of likely N-dealkylation sites (N-methyl/N-ethyl adjacent to an activating group) is 1. The molecule has 218 valence electrons. The van der Waals surface area contributed by atoms with E-state index in [4.69, 9.17) is 0 Å². The molecule has 1 unspecified atom stereocenters. The summed E-state index contributed by atoms with van der Waals surface area (Å²) in [5.41, 5.74) is -0.851. The second-order valence-corrected chi connectivity index (χ2v) is 9.49. The van der Waals surface area contributed by atoms with Gasteiger partial charge in [0.25, 0.3) is 11.5 Å². The van der Waals surface area contributed by atoms with Crippen LogP contribution in [-0.4, -0.2) is 64.6 Å². The summed E-state index contributed by atoms with van der Waals surface area (Å²) < 4.78 is 35.3. The summed E-state index contributed by atoms with van der Waals surface area (Å²) in [6.45, 7) is 4.52. The fraction of sp³-hybridized carbons (Fsp3) is 0.321. The number of amides is 3. The lowest BCUT2D eigenvalue weighted by molar-refractivity contribution is -0.123. The van der Waals surface area contributed by atoms with Crippen LogP contribution in [0.3, 0.4) is 0 Å². The highest BCUT2D eigenvalue weighted by molar-refractivity contribution is 5.96. The number of aromatic nitrogens is 3. The molecule has 41 heavy (non-hydrogen) atoms. The number of hydrogen-bond acceptors (Lipinski definition) is 6. The number of halogens is 2. The number of carbonyl (C=O) groups is 3. The second kappa shape index (κ2) is 13.0. The largest absolute Gasteiger partial charge is 0.453 e. The van der Waals surface area contributed by atoms with Crippen LogP contribution in [0.1, 0.15) is 31.2 Å². The lowest BCUT2D eigenvalue weighted by atomic mass is 10.0. The predicted molar refractivity (Wildman–Crippen MR) is 150 cm³/mol. The van der Waals surface area contributed by atoms with Crippen molar-refractivity contribution < 1.29 is 27.9 Å². The first kappa shape index (κ1) is 30.7. The number of anilines is 1. The third-order valence-electron chi connectivity index (χ3n) is 6.15. The highest BCUT2D eigenvalue weighted by Crippen LogP contribution is 2.37. The number of alkyl halides is 2. The molecule has 1 aromatic carbocycles. The first-order valence-electron chi connectivity index (χ1n) is 12.6. The maximum absolute atomic E-state index is 14.7. The van der Waals surface area contributed by atoms with E-state index < -0.39 is 29.5 Å². The Hall–Kier alpha value is -4.81. The van der Waals surface area contributed by atoms with Gasteiger partial charge in [-0.25, -0.2) is 9.78 Å². The van der Waals surface area contributed by atoms with Crippen LogP contribution in [-0.2, 0) is 26.8 Å². The molecule has 0 aliphatic carbocycles. The van der Waals surface area contributed by atoms with E-state index in [1.165, 1.54) is 52.9 Å². The second-order valence-electron chi connectivity index (χ2n) is 9.49. The third-order valence-corrected chi connectivity index (χ3v) is 6.15. The topological polar surface area (TPSA) is 138 Å². The number of H-pyrrole nitrogens is 1. The maximum atomic E-state index is 14.7. The molecule has 0 aliphatic rings. The van der Waals surface area contributed by atoms with Crippen LogP contribution in [0.2, 0.25) is 0 Å². The number of rotatable bonds is 11. The molecule has 0 fully saturated rings. The monoisotopic (exact) mass is 570 g/mol. The summed E-state index contributed by atoms with van der Waals surface area (Å²) in [7, 11) is 4.35. The number of para-hydroxylation sites is 1. The summed E-state index contributed by atoms with van der Waals surface area (Å²) in [5.74, 6) is -3.95. The minimum atomic E-state index is -3.29. The molecule has 13 heteroatoms. The number of alkyl carbamates (subject to hydrolysis) is 1. The highest BCUT2D eigenvalue weighted by atomic mass is 19.3. The van der Waals surface area contributed by atoms with Gasteiger partial charge in [0, 0.05) is 20.3 Å². The fourth-order valence-electron chi connectivity index (χ4n) is 3.85. The van der Waals surface area contributed by atoms with Gasteiger partial charge in [-0.2, -0.15) is 8.78 Å². The molecule has 3 aromatic rings. The molecule has 0 aliphatic heterocycles. The molecule has 11 nitrogen and oxygen atoms in total. The van der Waals surface area contributed by atoms with Crippen molar-refractivity contribution >= 4 is 34.6 Å². The van der Waals surface area contributed by atoms with Crippen molar-refractivity contribution in [3.8, 4) is 0 Å². The van der Waals surface area contributed by atoms with Gasteiger partial charge in [0.05, 0.1) is 30.3 Å². The zero-order valence-corrected chi connectivity index (χ0v) is 23.2. The molecular formula is C28H32F2N6O5. The number of hydrogen-bond donors (Lipinski definition) is 3. The van der Waals surface area contributed by atoms with Crippen molar-refractivity contribution in [2.45, 2.75) is 38.3 Å². The first-order valence-corrected chi connectivity index (χ1v) is 12.6. The first-order chi connectivity index (χ1) is 19.3. The Morgan fingerprint density at radius 3 is 2.63 bits per heavy atom. The van der Waals surface area contributed by atoms with Gasteiger partial charge in [0.15, 0.2) is 0 Å². The predicted octanol–water partition coefficient (Wildman–Crippen LogP) is 3.53. The molecule has 3 rings (SSSR count). The number of carbonyl (C=O) groups excluding carboxylic acids is 3. The maximum Gasteiger partial charge on any atom is 0.407 e. The molecule has 0 radical (unpaired) electrons. The summed E-state index contributed by atoms with van der Waals surface area (Å²) in [6, 6.07) is 6.21. The Labute approximate surface area is 234 Å². The number of allylic oxidation sites excluding steroid dienone is 2. The molecule has 2 heterocycles. The molecule has 0 bridgehead atoms. The van der Waals surface area contributed by atoms with E-state index in [0.717, 1.165) is 7.11 Å². The lowest BCUT2D eigenvalue weighted by Crippen LogP contribution is -2.44. The summed E-state index contributed by atoms with van der Waals surface area (Å²) in [4.78, 5) is 58.3. The quantitative estimate of drug-likeness (QED) is 0.238. The molecule has 3 N–H and O–H groups in total. The number of pyridine rings is 1. The van der Waals surface area contributed by atoms with Crippen molar-refractivity contribution in [2.24, 2.45) is 0 Å². The average molecular weight is 571 g/mol. The standard InChI is InChI=1S/C28H32F2N6O5/c1-17(2)28(29,30)18-10-8-12-19-24(18)34-22(31-19)16-36-15-9-13-21(26(36)39)32-25(38)20(33-27(40)41-5)11-6-7-14-23(37)35(3)4/h7-10,12-15,20H,1,6,11,16H2,2-5H3,(H,31,34)(H,32,38)(H,33,40). The summed E-state index contributed by atoms with van der Waals surface area (Å²) in [6.07, 6.45) is 3.94. The molecular weight excluding hydrogens is 538 g/mol. The Bertz CT molecular complexity index is 1540. The zero-order chi connectivity index (χ0) is 30.3. The normalized spacial score (nSPS) is 12.2. The van der Waals surface area contributed by atoms with E-state index in [-0.39, 0.29) is 53.5 Å². The SMILES string of the molecule is C=C(C)C(F)(F)c1cccc2[nH]c(Cn3cccc(NC(=O)C(CCC=CC(=O)N(C)C)NC(=O)OC)c3=O)nc12. The molecule has 1 atom stereocenters. The van der Waals surface area contributed by atoms with Crippen LogP contribution in [0.4, 0.5) is 19.3 Å². The van der Waals surface area contributed by atoms with Crippen LogP contribution in [0, 0.1) is 0 Å². The van der Waals surface area contributed by atoms with E-state index in [2.05, 4.69) is 31.9 Å². The molecule has 0 saturated carbocycles. The van der Waals surface area contributed by atoms with Gasteiger partial charge in [-0.3, -0.25) is 14.4 Å². The van der Waals surface area contributed by atoms with E-state index >= 15 is 0 Å². The van der Waals surface area contributed by atoms with Crippen molar-refractivity contribution in [1.29, 1.82) is 0 Å². The van der Waals surface area contributed by atoms with Gasteiger partial charge in [-0.15, -0.1) is 0 Å². The van der Waals surface area contributed by atoms with Crippen LogP contribution >= 0.6 is 0 Å². The Morgan fingerprint density at radius 2 is 1.98 bits per heavy atom. The smallest absolute Gasteiger partial charge is 0.407 e. The van der Waals surface area contributed by atoms with E-state index in [1.807, 2.05) is 0 Å². The number of methoxy groups -OCH3 is 1. The lowest BCUT2D eigenvalue weighted by Gasteiger charge is -2.17. The van der Waals surface area contributed by atoms with Crippen LogP contribution in [0.15, 0.2) is 65.6 Å². The van der Waals surface area contributed by atoms with Crippen molar-refractivity contribution in [3.05, 3.63) is 82.6 Å². The van der Waals surface area contributed by atoms with Crippen molar-refractivity contribution in [3.63, 3.8) is 0 Å². The van der Waals surface area contributed by atoms with Gasteiger partial charge in [-0.05, 0) is 49.6 Å². The van der Waals surface area contributed by atoms with Crippen LogP contribution in [0.5, 0.6) is 0 Å². The van der Waals surface area contributed by atoms with Crippen molar-refractivity contribution in [2.75, 3.05) is 26.5 Å². The Kier molecular flexibility index (Phi) is 9.76. The number of nitrogens with zero attached hydrogens (tertiary/aromatic N) is 3. The Balaban J connectivity index is 1.80. The number of imidazole rings is 1. The fourth-order valence-corrected chi connectivity index (χ4v) is 3.85. The number of nitrogens with one attached hydrogen (secondary N) is 3. The van der Waals surface area contributed by atoms with Crippen LogP contribution in [0.25, 0.3) is 11.0 Å². The molecule has 0 spiro atoms. The third kappa shape index (κ3) is 7.44. The van der Waals surface area contributed by atoms with Gasteiger partial charge >= 0.3 is 6.09 Å². The Morgan fingerprint density at radius 1 is 1.24 bits per heavy atom. The number of fused-ring (bicyclic) bond motifs is 1. The number of aromatic amines is 1. The number of ether oxygens (including phenoxy) is 1. The molecule has 0 saturated heterocycles. The van der Waals surface area contributed by atoms with E-state index in [9.17, 15) is 28.0 Å². The van der Waals surface area contributed by atoms with Gasteiger partial charge in [-0.1, -0.05) is 24.8 Å². The van der Waals surface area contributed by atoms with Crippen LogP contribution < -0.4 is 16.2 Å². The zero-order valence-electron chi connectivity index (χ0n) is 23.2. The van der Waals surface area contributed by atoms with Gasteiger partial charge < -0.3 is 29.8 Å². The summed E-state index contributed by atoms with van der Waals surface area (Å²) in [5, 5.41) is 4.94. The molecule has 2 aromatic heterocycles. The minimum Gasteiger partial charge on any atom is -0.453 e. The van der Waals surface area contributed by atoms with E-state index in [0.29, 0.717) is 5.52 Å². The van der Waals surface area contributed by atoms with Gasteiger partial charge in [0.1, 0.15) is 17.6 Å².